The van der Waals surface area contributed by atoms with E-state index in [1.54, 1.807) is 0 Å². The van der Waals surface area contributed by atoms with E-state index in [0.29, 0.717) is 11.3 Å². The van der Waals surface area contributed by atoms with Crippen molar-refractivity contribution in [2.24, 2.45) is 11.3 Å². The van der Waals surface area contributed by atoms with E-state index < -0.39 is 5.54 Å². The Hall–Kier alpha value is -0.570. The molecule has 0 saturated heterocycles. The van der Waals surface area contributed by atoms with Gasteiger partial charge in [0.2, 0.25) is 5.91 Å². The van der Waals surface area contributed by atoms with Crippen molar-refractivity contribution in [2.75, 3.05) is 13.1 Å². The monoisotopic (exact) mass is 226 g/mol. The van der Waals surface area contributed by atoms with Gasteiger partial charge in [-0.1, -0.05) is 20.8 Å². The predicted octanol–water partition coefficient (Wildman–Crippen LogP) is 1.93. The van der Waals surface area contributed by atoms with Gasteiger partial charge >= 0.3 is 0 Å². The van der Waals surface area contributed by atoms with Crippen molar-refractivity contribution in [1.82, 2.24) is 10.6 Å². The van der Waals surface area contributed by atoms with Gasteiger partial charge in [-0.05, 0) is 44.6 Å². The third-order valence-corrected chi connectivity index (χ3v) is 3.90. The van der Waals surface area contributed by atoms with Crippen LogP contribution in [0.1, 0.15) is 47.5 Å². The summed E-state index contributed by atoms with van der Waals surface area (Å²) in [5, 5.41) is 6.29. The second kappa shape index (κ2) is 4.74. The molecule has 0 heterocycles. The fourth-order valence-electron chi connectivity index (χ4n) is 2.12. The largest absolute Gasteiger partial charge is 0.354 e. The van der Waals surface area contributed by atoms with Crippen LogP contribution in [-0.2, 0) is 4.79 Å². The average Bonchev–Trinajstić information content (AvgIpc) is 2.94. The lowest BCUT2D eigenvalue weighted by atomic mass is 9.92. The van der Waals surface area contributed by atoms with Gasteiger partial charge < -0.3 is 10.6 Å². The molecular weight excluding hydrogens is 200 g/mol. The lowest BCUT2D eigenvalue weighted by Gasteiger charge is -2.27. The number of hydrogen-bond acceptors (Lipinski definition) is 2. The Morgan fingerprint density at radius 1 is 1.38 bits per heavy atom. The van der Waals surface area contributed by atoms with Crippen molar-refractivity contribution in [2.45, 2.75) is 53.0 Å². The van der Waals surface area contributed by atoms with Crippen LogP contribution in [0.25, 0.3) is 0 Å². The fourth-order valence-corrected chi connectivity index (χ4v) is 2.12. The molecule has 16 heavy (non-hydrogen) atoms. The normalized spacial score (nSPS) is 18.6. The van der Waals surface area contributed by atoms with Crippen molar-refractivity contribution in [3.63, 3.8) is 0 Å². The molecule has 0 aromatic heterocycles. The highest BCUT2D eigenvalue weighted by Crippen LogP contribution is 2.51. The van der Waals surface area contributed by atoms with Crippen LogP contribution in [0.15, 0.2) is 0 Å². The highest BCUT2D eigenvalue weighted by molar-refractivity contribution is 5.85. The van der Waals surface area contributed by atoms with Crippen LogP contribution in [0.4, 0.5) is 0 Å². The minimum Gasteiger partial charge on any atom is -0.354 e. The van der Waals surface area contributed by atoms with Gasteiger partial charge in [0.1, 0.15) is 0 Å². The Balaban J connectivity index is 2.41. The molecule has 3 nitrogen and oxygen atoms in total. The minimum atomic E-state index is -0.457. The van der Waals surface area contributed by atoms with Gasteiger partial charge in [-0.15, -0.1) is 0 Å². The molecule has 3 heteroatoms. The summed E-state index contributed by atoms with van der Waals surface area (Å²) in [6.45, 7) is 12.0. The van der Waals surface area contributed by atoms with Crippen LogP contribution in [0.5, 0.6) is 0 Å². The maximum absolute atomic E-state index is 12.0. The van der Waals surface area contributed by atoms with Crippen molar-refractivity contribution < 1.29 is 4.79 Å². The molecule has 0 atom stereocenters. The molecule has 0 radical (unpaired) electrons. The standard InChI is InChI=1S/C13H26N2O/c1-6-15-12(4,5)11(16)14-9-13(7-8-13)10(2)3/h10,15H,6-9H2,1-5H3,(H,14,16). The number of nitrogens with one attached hydrogen (secondary N) is 2. The molecule has 1 aliphatic rings. The summed E-state index contributed by atoms with van der Waals surface area (Å²) in [5.41, 5.74) is -0.0697. The molecule has 1 saturated carbocycles. The van der Waals surface area contributed by atoms with Crippen LogP contribution in [-0.4, -0.2) is 24.5 Å². The number of likely N-dealkylation sites (N-methyl/N-ethyl adjacent to an activating group) is 1. The maximum atomic E-state index is 12.0. The molecule has 94 valence electrons. The molecule has 1 aliphatic carbocycles. The van der Waals surface area contributed by atoms with E-state index in [-0.39, 0.29) is 5.91 Å². The van der Waals surface area contributed by atoms with Crippen LogP contribution in [0, 0.1) is 11.3 Å². The molecule has 0 aliphatic heterocycles. The van der Waals surface area contributed by atoms with Gasteiger partial charge in [-0.25, -0.2) is 0 Å². The zero-order valence-electron chi connectivity index (χ0n) is 11.3. The van der Waals surface area contributed by atoms with Gasteiger partial charge in [0.05, 0.1) is 5.54 Å². The topological polar surface area (TPSA) is 41.1 Å². The molecular formula is C13H26N2O. The molecule has 2 N–H and O–H groups in total. The summed E-state index contributed by atoms with van der Waals surface area (Å²) in [7, 11) is 0. The summed E-state index contributed by atoms with van der Waals surface area (Å²) in [4.78, 5) is 12.0. The van der Waals surface area contributed by atoms with Gasteiger partial charge in [-0.2, -0.15) is 0 Å². The second-order valence-electron chi connectivity index (χ2n) is 5.86. The van der Waals surface area contributed by atoms with Crippen LogP contribution >= 0.6 is 0 Å². The van der Waals surface area contributed by atoms with Gasteiger partial charge in [0, 0.05) is 6.54 Å². The first kappa shape index (κ1) is 13.5. The number of carbonyl (C=O) groups excluding carboxylic acids is 1. The van der Waals surface area contributed by atoms with E-state index in [1.807, 2.05) is 20.8 Å². The van der Waals surface area contributed by atoms with E-state index >= 15 is 0 Å². The van der Waals surface area contributed by atoms with E-state index in [2.05, 4.69) is 24.5 Å². The Bertz CT molecular complexity index is 255. The average molecular weight is 226 g/mol. The Labute approximate surface area is 99.4 Å². The lowest BCUT2D eigenvalue weighted by Crippen LogP contribution is -2.53. The van der Waals surface area contributed by atoms with Crippen LogP contribution < -0.4 is 10.6 Å². The smallest absolute Gasteiger partial charge is 0.239 e. The first-order valence-corrected chi connectivity index (χ1v) is 6.37. The van der Waals surface area contributed by atoms with E-state index in [9.17, 15) is 4.79 Å². The highest BCUT2D eigenvalue weighted by atomic mass is 16.2. The Morgan fingerprint density at radius 2 is 1.94 bits per heavy atom. The number of rotatable bonds is 6. The summed E-state index contributed by atoms with van der Waals surface area (Å²) in [5.74, 6) is 0.774. The number of amides is 1. The van der Waals surface area contributed by atoms with E-state index in [4.69, 9.17) is 0 Å². The summed E-state index contributed by atoms with van der Waals surface area (Å²) < 4.78 is 0. The first-order chi connectivity index (χ1) is 7.34. The molecule has 0 spiro atoms. The molecule has 1 amide bonds. The summed E-state index contributed by atoms with van der Waals surface area (Å²) in [6, 6.07) is 0. The number of hydrogen-bond donors (Lipinski definition) is 2. The zero-order chi connectivity index (χ0) is 12.4. The number of carbonyl (C=O) groups is 1. The molecule has 0 aromatic rings. The quantitative estimate of drug-likeness (QED) is 0.726. The van der Waals surface area contributed by atoms with Crippen molar-refractivity contribution >= 4 is 5.91 Å². The van der Waals surface area contributed by atoms with Crippen molar-refractivity contribution in [3.8, 4) is 0 Å². The summed E-state index contributed by atoms with van der Waals surface area (Å²) >= 11 is 0. The van der Waals surface area contributed by atoms with Crippen molar-refractivity contribution in [3.05, 3.63) is 0 Å². The highest BCUT2D eigenvalue weighted by Gasteiger charge is 2.45. The molecule has 0 bridgehead atoms. The predicted molar refractivity (Wildman–Crippen MR) is 67.3 cm³/mol. The molecule has 1 rings (SSSR count). The third-order valence-electron chi connectivity index (χ3n) is 3.90. The maximum Gasteiger partial charge on any atom is 0.239 e. The Kier molecular flexibility index (Phi) is 4.00. The first-order valence-electron chi connectivity index (χ1n) is 6.37. The van der Waals surface area contributed by atoms with Crippen LogP contribution in [0.3, 0.4) is 0 Å². The molecule has 0 aromatic carbocycles. The third kappa shape index (κ3) is 2.97. The Morgan fingerprint density at radius 3 is 2.31 bits per heavy atom. The zero-order valence-corrected chi connectivity index (χ0v) is 11.3. The SMILES string of the molecule is CCNC(C)(C)C(=O)NCC1(C(C)C)CC1. The van der Waals surface area contributed by atoms with Crippen molar-refractivity contribution in [1.29, 1.82) is 0 Å². The van der Waals surface area contributed by atoms with Crippen LogP contribution in [0.2, 0.25) is 0 Å². The second-order valence-corrected chi connectivity index (χ2v) is 5.86. The molecule has 0 unspecified atom stereocenters. The lowest BCUT2D eigenvalue weighted by molar-refractivity contribution is -0.126. The van der Waals surface area contributed by atoms with E-state index in [1.165, 1.54) is 12.8 Å². The fraction of sp³-hybridized carbons (Fsp3) is 0.923. The van der Waals surface area contributed by atoms with Gasteiger partial charge in [-0.3, -0.25) is 4.79 Å². The minimum absolute atomic E-state index is 0.112. The van der Waals surface area contributed by atoms with E-state index in [0.717, 1.165) is 13.1 Å². The summed E-state index contributed by atoms with van der Waals surface area (Å²) in [6.07, 6.45) is 2.51. The molecule has 1 fully saturated rings. The van der Waals surface area contributed by atoms with Gasteiger partial charge in [0.25, 0.3) is 0 Å². The van der Waals surface area contributed by atoms with Gasteiger partial charge in [0.15, 0.2) is 0 Å².